The van der Waals surface area contributed by atoms with Crippen molar-refractivity contribution < 1.29 is 14.3 Å². The number of likely N-dealkylation sites (N-methyl/N-ethyl adjacent to an activating group) is 1. The first kappa shape index (κ1) is 16.7. The molecule has 0 fully saturated rings. The van der Waals surface area contributed by atoms with Gasteiger partial charge in [0.25, 0.3) is 5.91 Å². The van der Waals surface area contributed by atoms with E-state index in [9.17, 15) is 9.59 Å². The minimum Gasteiger partial charge on any atom is -0.484 e. The van der Waals surface area contributed by atoms with Crippen LogP contribution in [0.1, 0.15) is 28.4 Å². The highest BCUT2D eigenvalue weighted by molar-refractivity contribution is 5.94. The molecular formula is C19H21NO3. The first-order valence-electron chi connectivity index (χ1n) is 7.49. The molecule has 2 aromatic rings. The number of ether oxygens (including phenoxy) is 1. The van der Waals surface area contributed by atoms with Crippen LogP contribution in [0.2, 0.25) is 0 Å². The zero-order chi connectivity index (χ0) is 16.8. The van der Waals surface area contributed by atoms with Gasteiger partial charge in [0.15, 0.2) is 12.4 Å². The molecule has 0 aromatic heterocycles. The van der Waals surface area contributed by atoms with E-state index in [0.717, 1.165) is 11.1 Å². The molecule has 120 valence electrons. The summed E-state index contributed by atoms with van der Waals surface area (Å²) < 4.78 is 5.49. The van der Waals surface area contributed by atoms with E-state index < -0.39 is 0 Å². The number of hydrogen-bond acceptors (Lipinski definition) is 3. The molecule has 2 aromatic carbocycles. The van der Waals surface area contributed by atoms with E-state index in [1.807, 2.05) is 31.2 Å². The van der Waals surface area contributed by atoms with Crippen LogP contribution in [0.4, 0.5) is 0 Å². The molecule has 0 N–H and O–H groups in total. The van der Waals surface area contributed by atoms with Gasteiger partial charge in [0.2, 0.25) is 0 Å². The van der Waals surface area contributed by atoms with Crippen molar-refractivity contribution in [2.45, 2.75) is 20.4 Å². The Morgan fingerprint density at radius 3 is 2.30 bits per heavy atom. The standard InChI is InChI=1S/C19H21NO3/c1-14-6-4-5-7-17(14)12-20(3)19(22)13-23-18-10-8-16(9-11-18)15(2)21/h4-11H,12-13H2,1-3H3. The Kier molecular flexibility index (Phi) is 5.52. The normalized spacial score (nSPS) is 10.2. The van der Waals surface area contributed by atoms with Gasteiger partial charge >= 0.3 is 0 Å². The molecule has 0 atom stereocenters. The molecule has 23 heavy (non-hydrogen) atoms. The lowest BCUT2D eigenvalue weighted by Crippen LogP contribution is -2.31. The van der Waals surface area contributed by atoms with E-state index in [2.05, 4.69) is 0 Å². The maximum absolute atomic E-state index is 12.2. The minimum atomic E-state index is -0.0936. The highest BCUT2D eigenvalue weighted by atomic mass is 16.5. The van der Waals surface area contributed by atoms with Gasteiger partial charge in [-0.15, -0.1) is 0 Å². The number of carbonyl (C=O) groups is 2. The lowest BCUT2D eigenvalue weighted by Gasteiger charge is -2.18. The van der Waals surface area contributed by atoms with Crippen LogP contribution in [0.15, 0.2) is 48.5 Å². The Labute approximate surface area is 136 Å². The van der Waals surface area contributed by atoms with E-state index in [1.165, 1.54) is 6.92 Å². The second-order valence-corrected chi connectivity index (χ2v) is 5.55. The number of ketones is 1. The van der Waals surface area contributed by atoms with Gasteiger partial charge in [0.05, 0.1) is 0 Å². The third kappa shape index (κ3) is 4.68. The molecule has 2 rings (SSSR count). The van der Waals surface area contributed by atoms with Gasteiger partial charge in [-0.1, -0.05) is 24.3 Å². The van der Waals surface area contributed by atoms with E-state index in [1.54, 1.807) is 36.2 Å². The molecule has 0 spiro atoms. The molecule has 0 heterocycles. The molecule has 0 saturated heterocycles. The summed E-state index contributed by atoms with van der Waals surface area (Å²) in [5, 5.41) is 0. The molecular weight excluding hydrogens is 290 g/mol. The van der Waals surface area contributed by atoms with E-state index in [0.29, 0.717) is 17.9 Å². The van der Waals surface area contributed by atoms with Crippen molar-refractivity contribution in [1.29, 1.82) is 0 Å². The second-order valence-electron chi connectivity index (χ2n) is 5.55. The fourth-order valence-corrected chi connectivity index (χ4v) is 2.17. The smallest absolute Gasteiger partial charge is 0.260 e. The van der Waals surface area contributed by atoms with Crippen molar-refractivity contribution in [2.75, 3.05) is 13.7 Å². The molecule has 4 heteroatoms. The zero-order valence-corrected chi connectivity index (χ0v) is 13.7. The van der Waals surface area contributed by atoms with Gasteiger partial charge in [-0.3, -0.25) is 9.59 Å². The van der Waals surface area contributed by atoms with Gasteiger partial charge in [-0.25, -0.2) is 0 Å². The number of hydrogen-bond donors (Lipinski definition) is 0. The van der Waals surface area contributed by atoms with Crippen LogP contribution in [0.25, 0.3) is 0 Å². The maximum atomic E-state index is 12.2. The number of nitrogens with zero attached hydrogens (tertiary/aromatic N) is 1. The Hall–Kier alpha value is -2.62. The van der Waals surface area contributed by atoms with E-state index >= 15 is 0 Å². The Morgan fingerprint density at radius 2 is 1.70 bits per heavy atom. The first-order valence-corrected chi connectivity index (χ1v) is 7.49. The Bertz CT molecular complexity index is 692. The second kappa shape index (κ2) is 7.58. The third-order valence-electron chi connectivity index (χ3n) is 3.72. The summed E-state index contributed by atoms with van der Waals surface area (Å²) in [5.74, 6) is 0.488. The lowest BCUT2D eigenvalue weighted by atomic mass is 10.1. The summed E-state index contributed by atoms with van der Waals surface area (Å²) in [6.45, 7) is 4.07. The molecule has 0 aliphatic rings. The summed E-state index contributed by atoms with van der Waals surface area (Å²) in [6.07, 6.45) is 0. The molecule has 1 amide bonds. The van der Waals surface area contributed by atoms with Crippen LogP contribution < -0.4 is 4.74 Å². The molecule has 0 aliphatic heterocycles. The summed E-state index contributed by atoms with van der Waals surface area (Å²) in [4.78, 5) is 25.0. The van der Waals surface area contributed by atoms with Gasteiger partial charge in [0.1, 0.15) is 5.75 Å². The van der Waals surface area contributed by atoms with Crippen molar-refractivity contribution in [3.05, 3.63) is 65.2 Å². The fraction of sp³-hybridized carbons (Fsp3) is 0.263. The van der Waals surface area contributed by atoms with Crippen molar-refractivity contribution >= 4 is 11.7 Å². The molecule has 0 aliphatic carbocycles. The predicted octanol–water partition coefficient (Wildman–Crippen LogP) is 3.24. The minimum absolute atomic E-state index is 0.00518. The average molecular weight is 311 g/mol. The van der Waals surface area contributed by atoms with E-state index in [-0.39, 0.29) is 18.3 Å². The van der Waals surface area contributed by atoms with Crippen molar-refractivity contribution in [2.24, 2.45) is 0 Å². The van der Waals surface area contributed by atoms with Crippen molar-refractivity contribution in [3.8, 4) is 5.75 Å². The largest absolute Gasteiger partial charge is 0.484 e. The van der Waals surface area contributed by atoms with Crippen LogP contribution in [0.5, 0.6) is 5.75 Å². The SMILES string of the molecule is CC(=O)c1ccc(OCC(=O)N(C)Cc2ccccc2C)cc1. The zero-order valence-electron chi connectivity index (χ0n) is 13.7. The Morgan fingerprint density at radius 1 is 1.04 bits per heavy atom. The summed E-state index contributed by atoms with van der Waals surface area (Å²) in [6, 6.07) is 14.8. The predicted molar refractivity (Wildman–Crippen MR) is 89.6 cm³/mol. The number of rotatable bonds is 6. The summed E-state index contributed by atoms with van der Waals surface area (Å²) >= 11 is 0. The first-order chi connectivity index (χ1) is 11.0. The van der Waals surface area contributed by atoms with Gasteiger partial charge in [-0.05, 0) is 49.2 Å². The summed E-state index contributed by atoms with van der Waals surface area (Å²) in [5.41, 5.74) is 2.90. The van der Waals surface area contributed by atoms with Gasteiger partial charge in [-0.2, -0.15) is 0 Å². The molecule has 4 nitrogen and oxygen atoms in total. The molecule has 0 bridgehead atoms. The average Bonchev–Trinajstić information content (AvgIpc) is 2.55. The van der Waals surface area contributed by atoms with Crippen LogP contribution in [-0.2, 0) is 11.3 Å². The monoisotopic (exact) mass is 311 g/mol. The van der Waals surface area contributed by atoms with Crippen LogP contribution in [0.3, 0.4) is 0 Å². The third-order valence-corrected chi connectivity index (χ3v) is 3.72. The number of carbonyl (C=O) groups excluding carboxylic acids is 2. The quantitative estimate of drug-likeness (QED) is 0.769. The van der Waals surface area contributed by atoms with Crippen LogP contribution in [-0.4, -0.2) is 30.2 Å². The lowest BCUT2D eigenvalue weighted by molar-refractivity contribution is -0.132. The van der Waals surface area contributed by atoms with E-state index in [4.69, 9.17) is 4.74 Å². The Balaban J connectivity index is 1.89. The molecule has 0 unspecified atom stereocenters. The van der Waals surface area contributed by atoms with Crippen LogP contribution >= 0.6 is 0 Å². The maximum Gasteiger partial charge on any atom is 0.260 e. The van der Waals surface area contributed by atoms with Gasteiger partial charge < -0.3 is 9.64 Å². The fourth-order valence-electron chi connectivity index (χ4n) is 2.17. The summed E-state index contributed by atoms with van der Waals surface area (Å²) in [7, 11) is 1.76. The number of Topliss-reactive ketones (excluding diaryl/α,β-unsaturated/α-hetero) is 1. The molecule has 0 saturated carbocycles. The number of amides is 1. The van der Waals surface area contributed by atoms with Crippen molar-refractivity contribution in [1.82, 2.24) is 4.90 Å². The van der Waals surface area contributed by atoms with Gasteiger partial charge in [0, 0.05) is 19.2 Å². The highest BCUT2D eigenvalue weighted by Crippen LogP contribution is 2.13. The van der Waals surface area contributed by atoms with Crippen LogP contribution in [0, 0.1) is 6.92 Å². The highest BCUT2D eigenvalue weighted by Gasteiger charge is 2.11. The number of aryl methyl sites for hydroxylation is 1. The van der Waals surface area contributed by atoms with Crippen molar-refractivity contribution in [3.63, 3.8) is 0 Å². The topological polar surface area (TPSA) is 46.6 Å². The molecule has 0 radical (unpaired) electrons. The number of benzene rings is 2.